The smallest absolute Gasteiger partial charge is 0.243 e. The van der Waals surface area contributed by atoms with Gasteiger partial charge in [-0.2, -0.15) is 5.26 Å². The van der Waals surface area contributed by atoms with Crippen LogP contribution in [0.25, 0.3) is 6.08 Å². The molecule has 0 fully saturated rings. The lowest BCUT2D eigenvalue weighted by atomic mass is 10.00. The maximum Gasteiger partial charge on any atom is 0.243 e. The number of nitrogens with zero attached hydrogens (tertiary/aromatic N) is 2. The van der Waals surface area contributed by atoms with E-state index in [1.54, 1.807) is 32.2 Å². The van der Waals surface area contributed by atoms with Gasteiger partial charge >= 0.3 is 0 Å². The minimum atomic E-state index is -3.97. The third-order valence-corrected chi connectivity index (χ3v) is 6.41. The van der Waals surface area contributed by atoms with Crippen LogP contribution >= 0.6 is 0 Å². The van der Waals surface area contributed by atoms with Crippen LogP contribution in [0.5, 0.6) is 0 Å². The van der Waals surface area contributed by atoms with Gasteiger partial charge in [0.25, 0.3) is 0 Å². The molecule has 0 spiro atoms. The van der Waals surface area contributed by atoms with Crippen LogP contribution in [0.15, 0.2) is 35.4 Å². The van der Waals surface area contributed by atoms with Crippen molar-refractivity contribution in [3.63, 3.8) is 0 Å². The molecule has 2 heterocycles. The first kappa shape index (κ1) is 21.5. The van der Waals surface area contributed by atoms with Crippen LogP contribution in [0.2, 0.25) is 0 Å². The molecule has 2 N–H and O–H groups in total. The van der Waals surface area contributed by atoms with Crippen LogP contribution in [0, 0.1) is 30.1 Å². The molecule has 1 unspecified atom stereocenters. The standard InChI is InChI=1S/C22H21N3O4S/c1-4-5-19(26)18-9-8-17-21(30(28,29)24-18)13-25(3)22(17)20(27)11-15-7-6-14(2)16(10-15)12-23/h6-10,13,18-19,24,26H,11H2,1-3H3/t18-,19?/m1/s1. The van der Waals surface area contributed by atoms with Crippen molar-refractivity contribution in [2.45, 2.75) is 37.3 Å². The molecule has 8 heteroatoms. The van der Waals surface area contributed by atoms with Crippen LogP contribution in [0.3, 0.4) is 0 Å². The number of carbonyl (C=O) groups excluding carboxylic acids is 1. The van der Waals surface area contributed by atoms with Crippen molar-refractivity contribution in [2.24, 2.45) is 7.05 Å². The zero-order valence-corrected chi connectivity index (χ0v) is 17.6. The summed E-state index contributed by atoms with van der Waals surface area (Å²) in [4.78, 5) is 13.0. The minimum Gasteiger partial charge on any atom is -0.378 e. The molecule has 154 valence electrons. The highest BCUT2D eigenvalue weighted by atomic mass is 32.2. The van der Waals surface area contributed by atoms with Crippen molar-refractivity contribution < 1.29 is 18.3 Å². The second-order valence-corrected chi connectivity index (χ2v) is 8.76. The summed E-state index contributed by atoms with van der Waals surface area (Å²) in [7, 11) is -2.36. The Morgan fingerprint density at radius 1 is 1.40 bits per heavy atom. The van der Waals surface area contributed by atoms with Gasteiger partial charge in [-0.25, -0.2) is 13.1 Å². The maximum absolute atomic E-state index is 13.1. The number of fused-ring (bicyclic) bond motifs is 1. The number of aryl methyl sites for hydroxylation is 2. The number of aromatic nitrogens is 1. The van der Waals surface area contributed by atoms with Crippen LogP contribution < -0.4 is 4.72 Å². The van der Waals surface area contributed by atoms with Crippen molar-refractivity contribution in [1.29, 1.82) is 5.26 Å². The normalized spacial score (nSPS) is 17.8. The number of nitriles is 1. The summed E-state index contributed by atoms with van der Waals surface area (Å²) in [5.74, 6) is 4.80. The Labute approximate surface area is 175 Å². The number of hydrogen-bond acceptors (Lipinski definition) is 5. The Morgan fingerprint density at radius 3 is 2.80 bits per heavy atom. The summed E-state index contributed by atoms with van der Waals surface area (Å²) in [6.45, 7) is 3.37. The van der Waals surface area contributed by atoms with Gasteiger partial charge in [-0.15, -0.1) is 5.92 Å². The summed E-state index contributed by atoms with van der Waals surface area (Å²) in [6, 6.07) is 6.39. The summed E-state index contributed by atoms with van der Waals surface area (Å²) in [5, 5.41) is 19.3. The van der Waals surface area contributed by atoms with Crippen molar-refractivity contribution in [2.75, 3.05) is 0 Å². The first-order chi connectivity index (χ1) is 14.2. The summed E-state index contributed by atoms with van der Waals surface area (Å²) in [5.41, 5.74) is 2.49. The lowest BCUT2D eigenvalue weighted by Gasteiger charge is -2.15. The van der Waals surface area contributed by atoms with Gasteiger partial charge < -0.3 is 9.67 Å². The monoisotopic (exact) mass is 423 g/mol. The lowest BCUT2D eigenvalue weighted by molar-refractivity contribution is 0.0985. The van der Waals surface area contributed by atoms with E-state index < -0.39 is 22.2 Å². The Morgan fingerprint density at radius 2 is 2.13 bits per heavy atom. The van der Waals surface area contributed by atoms with Crippen LogP contribution in [-0.2, 0) is 23.5 Å². The molecular weight excluding hydrogens is 402 g/mol. The van der Waals surface area contributed by atoms with Gasteiger partial charge in [0.2, 0.25) is 10.0 Å². The van der Waals surface area contributed by atoms with Crippen molar-refractivity contribution in [1.82, 2.24) is 9.29 Å². The Balaban J connectivity index is 2.02. The van der Waals surface area contributed by atoms with Gasteiger partial charge in [-0.1, -0.05) is 30.2 Å². The molecule has 0 saturated heterocycles. The highest BCUT2D eigenvalue weighted by Crippen LogP contribution is 2.28. The van der Waals surface area contributed by atoms with E-state index in [2.05, 4.69) is 22.6 Å². The molecule has 3 rings (SSSR count). The number of carbonyl (C=O) groups is 1. The highest BCUT2D eigenvalue weighted by Gasteiger charge is 2.32. The Kier molecular flexibility index (Phi) is 5.95. The predicted octanol–water partition coefficient (Wildman–Crippen LogP) is 1.69. The largest absolute Gasteiger partial charge is 0.378 e. The van der Waals surface area contributed by atoms with E-state index >= 15 is 0 Å². The molecule has 2 atom stereocenters. The molecule has 1 aliphatic rings. The SMILES string of the molecule is CC#CC(O)[C@H]1C=Cc2c(cn(C)c2C(=O)Cc2ccc(C)c(C#N)c2)S(=O)(=O)N1. The van der Waals surface area contributed by atoms with E-state index in [1.165, 1.54) is 22.9 Å². The van der Waals surface area contributed by atoms with Crippen molar-refractivity contribution >= 4 is 21.9 Å². The Bertz CT molecular complexity index is 1250. The average Bonchev–Trinajstić information content (AvgIpc) is 2.97. The molecule has 1 aromatic carbocycles. The van der Waals surface area contributed by atoms with E-state index in [1.807, 2.05) is 6.92 Å². The number of ketones is 1. The molecule has 7 nitrogen and oxygen atoms in total. The van der Waals surface area contributed by atoms with Gasteiger partial charge in [0.05, 0.1) is 23.4 Å². The molecule has 1 aromatic heterocycles. The number of aliphatic hydroxyl groups is 1. The number of aliphatic hydroxyl groups excluding tert-OH is 1. The number of Topliss-reactive ketones (excluding diaryl/α,β-unsaturated/α-hetero) is 1. The van der Waals surface area contributed by atoms with E-state index in [0.717, 1.165) is 5.56 Å². The lowest BCUT2D eigenvalue weighted by Crippen LogP contribution is -2.40. The first-order valence-electron chi connectivity index (χ1n) is 9.21. The second kappa shape index (κ2) is 8.29. The van der Waals surface area contributed by atoms with Gasteiger partial charge in [0, 0.05) is 25.2 Å². The molecule has 0 radical (unpaired) electrons. The van der Waals surface area contributed by atoms with Crippen molar-refractivity contribution in [3.05, 3.63) is 58.4 Å². The van der Waals surface area contributed by atoms with Gasteiger partial charge in [-0.3, -0.25) is 4.79 Å². The van der Waals surface area contributed by atoms with Gasteiger partial charge in [-0.05, 0) is 31.0 Å². The fourth-order valence-corrected chi connectivity index (χ4v) is 4.84. The number of benzene rings is 1. The van der Waals surface area contributed by atoms with E-state index in [9.17, 15) is 23.6 Å². The molecule has 0 aliphatic carbocycles. The van der Waals surface area contributed by atoms with Crippen molar-refractivity contribution in [3.8, 4) is 17.9 Å². The zero-order chi connectivity index (χ0) is 22.1. The number of nitrogens with one attached hydrogen (secondary N) is 1. The highest BCUT2D eigenvalue weighted by molar-refractivity contribution is 7.89. The third-order valence-electron chi connectivity index (χ3n) is 4.92. The minimum absolute atomic E-state index is 0.0218. The van der Waals surface area contributed by atoms with Gasteiger partial charge in [0.15, 0.2) is 5.78 Å². The number of sulfonamides is 1. The second-order valence-electron chi connectivity index (χ2n) is 7.07. The van der Waals surface area contributed by atoms with Gasteiger partial charge in [0.1, 0.15) is 11.0 Å². The van der Waals surface area contributed by atoms with E-state index in [4.69, 9.17) is 0 Å². The average molecular weight is 423 g/mol. The summed E-state index contributed by atoms with van der Waals surface area (Å²) >= 11 is 0. The molecule has 0 bridgehead atoms. The molecule has 1 aliphatic heterocycles. The van der Waals surface area contributed by atoms with Crippen LogP contribution in [-0.4, -0.2) is 36.0 Å². The van der Waals surface area contributed by atoms with E-state index in [0.29, 0.717) is 11.1 Å². The molecular formula is C22H21N3O4S. The fourth-order valence-electron chi connectivity index (χ4n) is 3.40. The zero-order valence-electron chi connectivity index (χ0n) is 16.8. The molecule has 30 heavy (non-hydrogen) atoms. The Hall–Kier alpha value is -3.17. The molecule has 0 amide bonds. The molecule has 2 aromatic rings. The fraction of sp³-hybridized carbons (Fsp3) is 0.273. The molecule has 0 saturated carbocycles. The third kappa shape index (κ3) is 4.07. The van der Waals surface area contributed by atoms with Crippen LogP contribution in [0.4, 0.5) is 0 Å². The number of hydrogen-bond donors (Lipinski definition) is 2. The first-order valence-corrected chi connectivity index (χ1v) is 10.7. The summed E-state index contributed by atoms with van der Waals surface area (Å²) < 4.78 is 29.5. The van der Waals surface area contributed by atoms with E-state index in [-0.39, 0.29) is 28.4 Å². The number of rotatable bonds is 4. The topological polar surface area (TPSA) is 112 Å². The predicted molar refractivity (Wildman–Crippen MR) is 112 cm³/mol. The summed E-state index contributed by atoms with van der Waals surface area (Å²) in [6.07, 6.45) is 3.21. The van der Waals surface area contributed by atoms with Crippen LogP contribution in [0.1, 0.15) is 39.7 Å². The maximum atomic E-state index is 13.1. The quantitative estimate of drug-likeness (QED) is 0.574.